The molecule has 9 nitrogen and oxygen atoms in total. The fourth-order valence-corrected chi connectivity index (χ4v) is 3.90. The quantitative estimate of drug-likeness (QED) is 0.258. The molecule has 0 aliphatic carbocycles. The van der Waals surface area contributed by atoms with Crippen LogP contribution < -0.4 is 21.1 Å². The minimum atomic E-state index is -0.592. The fourth-order valence-electron chi connectivity index (χ4n) is 3.90. The van der Waals surface area contributed by atoms with Crippen LogP contribution in [0.2, 0.25) is 0 Å². The second-order valence-electron chi connectivity index (χ2n) is 7.75. The number of rotatable bonds is 3. The minimum absolute atomic E-state index is 0.0306. The van der Waals surface area contributed by atoms with E-state index in [1.807, 2.05) is 6.07 Å². The molecule has 10 heteroatoms. The zero-order valence-electron chi connectivity index (χ0n) is 17.2. The second-order valence-corrected chi connectivity index (χ2v) is 7.75. The number of hydrogen-bond donors (Lipinski definition) is 3. The van der Waals surface area contributed by atoms with Gasteiger partial charge < -0.3 is 21.6 Å². The summed E-state index contributed by atoms with van der Waals surface area (Å²) in [5.74, 6) is 0.382. The number of aromatic nitrogens is 4. The van der Waals surface area contributed by atoms with E-state index in [-0.39, 0.29) is 23.7 Å². The maximum atomic E-state index is 15.0. The Labute approximate surface area is 182 Å². The van der Waals surface area contributed by atoms with E-state index in [9.17, 15) is 10.0 Å². The highest BCUT2D eigenvalue weighted by atomic mass is 19.1. The topological polar surface area (TPSA) is 125 Å². The van der Waals surface area contributed by atoms with Gasteiger partial charge in [0.1, 0.15) is 12.4 Å². The number of nitrogens with zero attached hydrogens (tertiary/aromatic N) is 4. The molecule has 0 saturated heterocycles. The first-order valence-electron chi connectivity index (χ1n) is 10.1. The van der Waals surface area contributed by atoms with E-state index < -0.39 is 5.82 Å². The van der Waals surface area contributed by atoms with Crippen LogP contribution in [-0.2, 0) is 17.8 Å². The lowest BCUT2D eigenvalue weighted by Gasteiger charge is -2.12. The maximum Gasteiger partial charge on any atom is 0.241 e. The molecule has 4 heterocycles. The highest BCUT2D eigenvalue weighted by Gasteiger charge is 2.18. The summed E-state index contributed by atoms with van der Waals surface area (Å²) in [7, 11) is 0. The van der Waals surface area contributed by atoms with Crippen molar-refractivity contribution in [2.45, 2.75) is 19.9 Å². The summed E-state index contributed by atoms with van der Waals surface area (Å²) in [6, 6.07) is 6.90. The SMILES string of the molecule is Cc1cc[n+]([O-])cc1-c1cc2cc(Nc3cc4n(n3)CC(=O)NCC4)ncc2c(N)c1F. The predicted molar refractivity (Wildman–Crippen MR) is 117 cm³/mol. The Morgan fingerprint density at radius 2 is 2.12 bits per heavy atom. The van der Waals surface area contributed by atoms with Gasteiger partial charge >= 0.3 is 0 Å². The van der Waals surface area contributed by atoms with Crippen LogP contribution in [0.5, 0.6) is 0 Å². The molecule has 5 rings (SSSR count). The average Bonchev–Trinajstić information content (AvgIpc) is 3.04. The van der Waals surface area contributed by atoms with Crippen molar-refractivity contribution in [2.24, 2.45) is 0 Å². The highest BCUT2D eigenvalue weighted by Crippen LogP contribution is 2.35. The van der Waals surface area contributed by atoms with Crippen molar-refractivity contribution in [1.29, 1.82) is 0 Å². The van der Waals surface area contributed by atoms with Gasteiger partial charge in [-0.25, -0.2) is 9.37 Å². The molecule has 162 valence electrons. The molecule has 1 aliphatic heterocycles. The molecule has 0 spiro atoms. The molecule has 4 N–H and O–H groups in total. The Balaban J connectivity index is 1.54. The Morgan fingerprint density at radius 3 is 2.97 bits per heavy atom. The van der Waals surface area contributed by atoms with Crippen molar-refractivity contribution in [3.63, 3.8) is 0 Å². The molecule has 0 unspecified atom stereocenters. The van der Waals surface area contributed by atoms with Gasteiger partial charge in [-0.15, -0.1) is 0 Å². The largest absolute Gasteiger partial charge is 0.619 e. The molecule has 32 heavy (non-hydrogen) atoms. The number of hydrogen-bond acceptors (Lipinski definition) is 6. The van der Waals surface area contributed by atoms with E-state index in [0.717, 1.165) is 11.3 Å². The number of nitrogen functional groups attached to an aromatic ring is 1. The molecule has 3 aromatic heterocycles. The zero-order valence-corrected chi connectivity index (χ0v) is 17.2. The molecule has 1 aliphatic rings. The molecular weight excluding hydrogens is 413 g/mol. The van der Waals surface area contributed by atoms with Gasteiger partial charge in [0, 0.05) is 47.9 Å². The van der Waals surface area contributed by atoms with E-state index in [0.29, 0.717) is 45.7 Å². The number of halogens is 1. The van der Waals surface area contributed by atoms with Crippen molar-refractivity contribution in [3.8, 4) is 11.1 Å². The summed E-state index contributed by atoms with van der Waals surface area (Å²) in [6.07, 6.45) is 4.87. The van der Waals surface area contributed by atoms with Crippen molar-refractivity contribution >= 4 is 34.0 Å². The third kappa shape index (κ3) is 3.45. The van der Waals surface area contributed by atoms with E-state index in [4.69, 9.17) is 5.73 Å². The standard InChI is InChI=1S/C22H20FN7O2/c1-12-3-5-29(32)10-17(12)15-6-13-7-18(26-9-16(13)22(24)21(15)23)27-19-8-14-2-4-25-20(31)11-30(14)28-19/h3,5-10H,2,4,11,24H2,1H3,(H,25,31)(H,26,27,28). The number of aryl methyl sites for hydroxylation is 1. The number of fused-ring (bicyclic) bond motifs is 2. The lowest BCUT2D eigenvalue weighted by Crippen LogP contribution is -2.25. The third-order valence-electron chi connectivity index (χ3n) is 5.56. The van der Waals surface area contributed by atoms with Crippen LogP contribution in [0.1, 0.15) is 11.3 Å². The number of benzene rings is 1. The van der Waals surface area contributed by atoms with Crippen LogP contribution >= 0.6 is 0 Å². The first-order chi connectivity index (χ1) is 15.4. The molecule has 0 fully saturated rings. The van der Waals surface area contributed by atoms with Crippen LogP contribution in [0.3, 0.4) is 0 Å². The minimum Gasteiger partial charge on any atom is -0.619 e. The monoisotopic (exact) mass is 433 g/mol. The van der Waals surface area contributed by atoms with Gasteiger partial charge in [0.25, 0.3) is 0 Å². The van der Waals surface area contributed by atoms with Crippen LogP contribution in [0.25, 0.3) is 21.9 Å². The number of anilines is 3. The van der Waals surface area contributed by atoms with Crippen LogP contribution in [0.15, 0.2) is 42.9 Å². The van der Waals surface area contributed by atoms with Crippen LogP contribution in [0, 0.1) is 17.9 Å². The van der Waals surface area contributed by atoms with Crippen molar-refractivity contribution in [1.82, 2.24) is 20.1 Å². The predicted octanol–water partition coefficient (Wildman–Crippen LogP) is 2.18. The van der Waals surface area contributed by atoms with Gasteiger partial charge in [-0.05, 0) is 30.0 Å². The molecule has 0 bridgehead atoms. The Kier molecular flexibility index (Phi) is 4.62. The average molecular weight is 433 g/mol. The van der Waals surface area contributed by atoms with E-state index in [1.54, 1.807) is 29.8 Å². The van der Waals surface area contributed by atoms with Crippen LogP contribution in [-0.4, -0.2) is 27.2 Å². The summed E-state index contributed by atoms with van der Waals surface area (Å²) >= 11 is 0. The first kappa shape index (κ1) is 19.7. The van der Waals surface area contributed by atoms with Crippen molar-refractivity contribution in [3.05, 3.63) is 65.1 Å². The summed E-state index contributed by atoms with van der Waals surface area (Å²) in [4.78, 5) is 16.1. The number of amides is 1. The molecule has 0 radical (unpaired) electrons. The lowest BCUT2D eigenvalue weighted by molar-refractivity contribution is -0.604. The lowest BCUT2D eigenvalue weighted by atomic mass is 9.98. The summed E-state index contributed by atoms with van der Waals surface area (Å²) in [5, 5.41) is 23.3. The smallest absolute Gasteiger partial charge is 0.241 e. The maximum absolute atomic E-state index is 15.0. The van der Waals surface area contributed by atoms with E-state index in [1.165, 1.54) is 18.6 Å². The summed E-state index contributed by atoms with van der Waals surface area (Å²) < 4.78 is 17.3. The highest BCUT2D eigenvalue weighted by molar-refractivity contribution is 5.98. The fraction of sp³-hybridized carbons (Fsp3) is 0.182. The van der Waals surface area contributed by atoms with Gasteiger partial charge in [0.05, 0.1) is 11.3 Å². The van der Waals surface area contributed by atoms with E-state index in [2.05, 4.69) is 20.7 Å². The van der Waals surface area contributed by atoms with Crippen LogP contribution in [0.4, 0.5) is 21.7 Å². The summed E-state index contributed by atoms with van der Waals surface area (Å²) in [6.45, 7) is 2.53. The van der Waals surface area contributed by atoms with Crippen molar-refractivity contribution in [2.75, 3.05) is 17.6 Å². The normalized spacial score (nSPS) is 13.5. The van der Waals surface area contributed by atoms with Gasteiger partial charge in [0.2, 0.25) is 5.91 Å². The molecule has 4 aromatic rings. The molecule has 1 aromatic carbocycles. The Morgan fingerprint density at radius 1 is 1.28 bits per heavy atom. The molecular formula is C22H20FN7O2. The number of nitrogens with two attached hydrogens (primary N) is 1. The number of pyridine rings is 2. The second kappa shape index (κ2) is 7.49. The number of carbonyl (C=O) groups excluding carboxylic acids is 1. The zero-order chi connectivity index (χ0) is 22.4. The number of carbonyl (C=O) groups is 1. The first-order valence-corrected chi connectivity index (χ1v) is 10.1. The van der Waals surface area contributed by atoms with Gasteiger partial charge in [0.15, 0.2) is 24.0 Å². The van der Waals surface area contributed by atoms with Gasteiger partial charge in [-0.1, -0.05) is 0 Å². The Hall–Kier alpha value is -4.21. The molecule has 1 amide bonds. The Bertz CT molecular complexity index is 1380. The number of nitrogens with one attached hydrogen (secondary N) is 2. The summed E-state index contributed by atoms with van der Waals surface area (Å²) in [5.41, 5.74) is 8.44. The molecule has 0 saturated carbocycles. The van der Waals surface area contributed by atoms with Crippen molar-refractivity contribution < 1.29 is 13.9 Å². The van der Waals surface area contributed by atoms with Gasteiger partial charge in [-0.3, -0.25) is 9.48 Å². The van der Waals surface area contributed by atoms with Gasteiger partial charge in [-0.2, -0.15) is 9.83 Å². The molecule has 0 atom stereocenters. The third-order valence-corrected chi connectivity index (χ3v) is 5.56. The van der Waals surface area contributed by atoms with E-state index >= 15 is 4.39 Å².